The van der Waals surface area contributed by atoms with Gasteiger partial charge in [-0.1, -0.05) is 19.0 Å². The minimum atomic E-state index is -0.282. The molecule has 0 saturated carbocycles. The molecular weight excluding hydrogens is 500 g/mol. The number of hydrogen-bond acceptors (Lipinski definition) is 6. The molecule has 10 heteroatoms. The maximum Gasteiger partial charge on any atom is 0.226 e. The number of guanidine groups is 1. The SMILES string of the molecule is CCNC(=NCCCc1nc(C(C)C)no1)NC1CCN(c2ncccc2F)C1.I. The van der Waals surface area contributed by atoms with Crippen LogP contribution in [-0.4, -0.2) is 53.3 Å². The number of anilines is 1. The Balaban J connectivity index is 0.00000320. The highest BCUT2D eigenvalue weighted by Gasteiger charge is 2.25. The van der Waals surface area contributed by atoms with Crippen molar-refractivity contribution in [3.63, 3.8) is 0 Å². The smallest absolute Gasteiger partial charge is 0.226 e. The average molecular weight is 531 g/mol. The Kier molecular flexibility index (Phi) is 9.73. The van der Waals surface area contributed by atoms with Crippen molar-refractivity contribution in [1.82, 2.24) is 25.8 Å². The van der Waals surface area contributed by atoms with Crippen LogP contribution in [0, 0.1) is 5.82 Å². The zero-order valence-electron chi connectivity index (χ0n) is 17.8. The Hall–Kier alpha value is -1.98. The molecule has 0 spiro atoms. The van der Waals surface area contributed by atoms with E-state index in [0.717, 1.165) is 37.7 Å². The van der Waals surface area contributed by atoms with Gasteiger partial charge in [0.1, 0.15) is 0 Å². The predicted molar refractivity (Wildman–Crippen MR) is 126 cm³/mol. The summed E-state index contributed by atoms with van der Waals surface area (Å²) in [6.45, 7) is 9.00. The second-order valence-corrected chi connectivity index (χ2v) is 7.45. The number of nitrogens with one attached hydrogen (secondary N) is 2. The second-order valence-electron chi connectivity index (χ2n) is 7.45. The molecule has 8 nitrogen and oxygen atoms in total. The Morgan fingerprint density at radius 3 is 2.97 bits per heavy atom. The van der Waals surface area contributed by atoms with Gasteiger partial charge in [0.15, 0.2) is 23.4 Å². The van der Waals surface area contributed by atoms with Gasteiger partial charge in [-0.05, 0) is 31.9 Å². The summed E-state index contributed by atoms with van der Waals surface area (Å²) in [5.41, 5.74) is 0. The average Bonchev–Trinajstić information content (AvgIpc) is 3.35. The molecule has 0 radical (unpaired) electrons. The number of nitrogens with zero attached hydrogens (tertiary/aromatic N) is 5. The molecular formula is C20H31FIN7O. The molecule has 1 saturated heterocycles. The van der Waals surface area contributed by atoms with Crippen molar-refractivity contribution in [2.45, 2.75) is 52.0 Å². The van der Waals surface area contributed by atoms with Crippen molar-refractivity contribution in [1.29, 1.82) is 0 Å². The van der Waals surface area contributed by atoms with Gasteiger partial charge in [0.25, 0.3) is 0 Å². The minimum absolute atomic E-state index is 0. The van der Waals surface area contributed by atoms with Crippen LogP contribution < -0.4 is 15.5 Å². The lowest BCUT2D eigenvalue weighted by Gasteiger charge is -2.19. The van der Waals surface area contributed by atoms with E-state index in [1.165, 1.54) is 6.07 Å². The van der Waals surface area contributed by atoms with E-state index in [1.54, 1.807) is 12.3 Å². The molecule has 1 unspecified atom stereocenters. The third-order valence-corrected chi connectivity index (χ3v) is 4.73. The monoisotopic (exact) mass is 531 g/mol. The molecule has 2 aromatic heterocycles. The lowest BCUT2D eigenvalue weighted by Crippen LogP contribution is -2.44. The number of pyridine rings is 1. The van der Waals surface area contributed by atoms with Crippen LogP contribution in [0.5, 0.6) is 0 Å². The molecule has 1 fully saturated rings. The molecule has 0 aromatic carbocycles. The number of hydrogen-bond donors (Lipinski definition) is 2. The fourth-order valence-corrected chi connectivity index (χ4v) is 3.22. The third kappa shape index (κ3) is 6.78. The minimum Gasteiger partial charge on any atom is -0.357 e. The fourth-order valence-electron chi connectivity index (χ4n) is 3.22. The van der Waals surface area contributed by atoms with Gasteiger partial charge >= 0.3 is 0 Å². The van der Waals surface area contributed by atoms with Crippen LogP contribution in [0.1, 0.15) is 51.2 Å². The van der Waals surface area contributed by atoms with E-state index >= 15 is 0 Å². The van der Waals surface area contributed by atoms with Gasteiger partial charge in [0.2, 0.25) is 5.89 Å². The Labute approximate surface area is 194 Å². The molecule has 1 aliphatic rings. The summed E-state index contributed by atoms with van der Waals surface area (Å²) >= 11 is 0. The van der Waals surface area contributed by atoms with Crippen LogP contribution >= 0.6 is 24.0 Å². The van der Waals surface area contributed by atoms with E-state index in [1.807, 2.05) is 25.7 Å². The summed E-state index contributed by atoms with van der Waals surface area (Å²) in [5.74, 6) is 2.57. The first kappa shape index (κ1) is 24.3. The van der Waals surface area contributed by atoms with Gasteiger partial charge in [0.05, 0.1) is 0 Å². The first-order valence-corrected chi connectivity index (χ1v) is 10.3. The molecule has 166 valence electrons. The van der Waals surface area contributed by atoms with Crippen molar-refractivity contribution in [3.8, 4) is 0 Å². The quantitative estimate of drug-likeness (QED) is 0.234. The molecule has 1 aliphatic heterocycles. The van der Waals surface area contributed by atoms with Crippen molar-refractivity contribution >= 4 is 35.8 Å². The lowest BCUT2D eigenvalue weighted by atomic mass is 10.2. The summed E-state index contributed by atoms with van der Waals surface area (Å²) in [4.78, 5) is 15.2. The molecule has 2 N–H and O–H groups in total. The largest absolute Gasteiger partial charge is 0.357 e. The van der Waals surface area contributed by atoms with Gasteiger partial charge in [-0.25, -0.2) is 9.37 Å². The Morgan fingerprint density at radius 2 is 2.27 bits per heavy atom. The van der Waals surface area contributed by atoms with Crippen LogP contribution in [0.2, 0.25) is 0 Å². The summed E-state index contributed by atoms with van der Waals surface area (Å²) in [7, 11) is 0. The van der Waals surface area contributed by atoms with Crippen molar-refractivity contribution < 1.29 is 8.91 Å². The number of aryl methyl sites for hydroxylation is 1. The summed E-state index contributed by atoms with van der Waals surface area (Å²) in [6, 6.07) is 3.25. The highest BCUT2D eigenvalue weighted by molar-refractivity contribution is 14.0. The first-order chi connectivity index (χ1) is 14.1. The molecule has 0 amide bonds. The van der Waals surface area contributed by atoms with Crippen LogP contribution in [0.4, 0.5) is 10.2 Å². The Bertz CT molecular complexity index is 814. The van der Waals surface area contributed by atoms with Crippen LogP contribution in [0.3, 0.4) is 0 Å². The van der Waals surface area contributed by atoms with Crippen LogP contribution in [0.15, 0.2) is 27.8 Å². The normalized spacial score (nSPS) is 16.6. The van der Waals surface area contributed by atoms with Gasteiger partial charge in [-0.2, -0.15) is 4.98 Å². The van der Waals surface area contributed by atoms with E-state index in [0.29, 0.717) is 31.2 Å². The summed E-state index contributed by atoms with van der Waals surface area (Å²) < 4.78 is 19.2. The number of aliphatic imine (C=N–C) groups is 1. The maximum atomic E-state index is 14.0. The molecule has 0 aliphatic carbocycles. The molecule has 3 heterocycles. The fraction of sp³-hybridized carbons (Fsp3) is 0.600. The van der Waals surface area contributed by atoms with Crippen molar-refractivity contribution in [2.75, 3.05) is 31.1 Å². The van der Waals surface area contributed by atoms with E-state index in [2.05, 4.69) is 30.8 Å². The molecule has 3 rings (SSSR count). The highest BCUT2D eigenvalue weighted by atomic mass is 127. The lowest BCUT2D eigenvalue weighted by molar-refractivity contribution is 0.369. The van der Waals surface area contributed by atoms with Crippen LogP contribution in [-0.2, 0) is 6.42 Å². The summed E-state index contributed by atoms with van der Waals surface area (Å²) in [5, 5.41) is 10.7. The third-order valence-electron chi connectivity index (χ3n) is 4.73. The molecule has 0 bridgehead atoms. The predicted octanol–water partition coefficient (Wildman–Crippen LogP) is 3.11. The second kappa shape index (κ2) is 12.0. The molecule has 1 atom stereocenters. The first-order valence-electron chi connectivity index (χ1n) is 10.3. The number of rotatable bonds is 8. The molecule has 2 aromatic rings. The van der Waals surface area contributed by atoms with E-state index < -0.39 is 0 Å². The Morgan fingerprint density at radius 1 is 1.43 bits per heavy atom. The standard InChI is InChI=1S/C20H30FN7O.HI/c1-4-22-20(24-11-6-8-17-26-18(14(2)3)27-29-17)25-15-9-12-28(13-15)19-16(21)7-5-10-23-19;/h5,7,10,14-15H,4,6,8-9,11-13H2,1-3H3,(H2,22,24,25);1H. The highest BCUT2D eigenvalue weighted by Crippen LogP contribution is 2.20. The van der Waals surface area contributed by atoms with Crippen LogP contribution in [0.25, 0.3) is 0 Å². The maximum absolute atomic E-state index is 14.0. The van der Waals surface area contributed by atoms with E-state index in [-0.39, 0.29) is 41.8 Å². The topological polar surface area (TPSA) is 91.5 Å². The number of aromatic nitrogens is 3. The van der Waals surface area contributed by atoms with Gasteiger partial charge in [-0.15, -0.1) is 24.0 Å². The van der Waals surface area contributed by atoms with E-state index in [4.69, 9.17) is 4.52 Å². The van der Waals surface area contributed by atoms with Crippen molar-refractivity contribution in [3.05, 3.63) is 35.9 Å². The number of halogens is 2. The van der Waals surface area contributed by atoms with Crippen molar-refractivity contribution in [2.24, 2.45) is 4.99 Å². The molecule has 30 heavy (non-hydrogen) atoms. The van der Waals surface area contributed by atoms with Gasteiger partial charge < -0.3 is 20.1 Å². The summed E-state index contributed by atoms with van der Waals surface area (Å²) in [6.07, 6.45) is 4.06. The zero-order chi connectivity index (χ0) is 20.6. The van der Waals surface area contributed by atoms with Gasteiger partial charge in [0, 0.05) is 50.8 Å². The van der Waals surface area contributed by atoms with E-state index in [9.17, 15) is 4.39 Å². The zero-order valence-corrected chi connectivity index (χ0v) is 20.1. The van der Waals surface area contributed by atoms with Gasteiger partial charge in [-0.3, -0.25) is 4.99 Å².